The number of hydrogen-bond acceptors (Lipinski definition) is 5. The van der Waals surface area contributed by atoms with Gasteiger partial charge in [0.15, 0.2) is 12.4 Å². The van der Waals surface area contributed by atoms with Gasteiger partial charge in [-0.05, 0) is 19.1 Å². The van der Waals surface area contributed by atoms with Crippen molar-refractivity contribution in [1.29, 1.82) is 0 Å². The van der Waals surface area contributed by atoms with Gasteiger partial charge in [0.1, 0.15) is 5.75 Å². The molecule has 1 heterocycles. The summed E-state index contributed by atoms with van der Waals surface area (Å²) in [5.74, 6) is 0.980. The number of H-pyrrole nitrogens is 1. The molecule has 0 saturated carbocycles. The second-order valence-electron chi connectivity index (χ2n) is 4.05. The molecule has 7 nitrogen and oxygen atoms in total. The van der Waals surface area contributed by atoms with Crippen LogP contribution in [0.25, 0.3) is 0 Å². The molecule has 19 heavy (non-hydrogen) atoms. The van der Waals surface area contributed by atoms with E-state index in [-0.39, 0.29) is 18.6 Å². The number of para-hydroxylation sites is 1. The summed E-state index contributed by atoms with van der Waals surface area (Å²) < 4.78 is 5.40. The zero-order chi connectivity index (χ0) is 13.7. The third kappa shape index (κ3) is 3.27. The van der Waals surface area contributed by atoms with E-state index in [0.29, 0.717) is 11.6 Å². The van der Waals surface area contributed by atoms with Crippen molar-refractivity contribution in [2.75, 3.05) is 13.7 Å². The van der Waals surface area contributed by atoms with Crippen molar-refractivity contribution in [3.05, 3.63) is 36.2 Å². The number of ether oxygens (including phenoxy) is 1. The Bertz CT molecular complexity index is 514. The van der Waals surface area contributed by atoms with Crippen LogP contribution in [-0.4, -0.2) is 45.1 Å². The predicted molar refractivity (Wildman–Crippen MR) is 67.3 cm³/mol. The largest absolute Gasteiger partial charge is 0.484 e. The van der Waals surface area contributed by atoms with Gasteiger partial charge in [-0.25, -0.2) is 0 Å². The van der Waals surface area contributed by atoms with Crippen LogP contribution in [0.3, 0.4) is 0 Å². The molecular weight excluding hydrogens is 246 g/mol. The fraction of sp³-hybridized carbons (Fsp3) is 0.333. The molecule has 0 unspecified atom stereocenters. The minimum atomic E-state index is -0.259. The first-order valence-electron chi connectivity index (χ1n) is 5.85. The van der Waals surface area contributed by atoms with E-state index in [9.17, 15) is 4.79 Å². The van der Waals surface area contributed by atoms with E-state index in [2.05, 4.69) is 20.6 Å². The van der Waals surface area contributed by atoms with Crippen LogP contribution >= 0.6 is 0 Å². The van der Waals surface area contributed by atoms with E-state index in [1.54, 1.807) is 19.2 Å². The quantitative estimate of drug-likeness (QED) is 0.860. The number of amides is 1. The summed E-state index contributed by atoms with van der Waals surface area (Å²) in [4.78, 5) is 13.5. The number of aromatic amines is 1. The summed E-state index contributed by atoms with van der Waals surface area (Å²) in [5.41, 5.74) is 0. The van der Waals surface area contributed by atoms with Gasteiger partial charge in [-0.15, -0.1) is 10.2 Å². The van der Waals surface area contributed by atoms with Crippen LogP contribution in [-0.2, 0) is 4.79 Å². The van der Waals surface area contributed by atoms with Crippen LogP contribution < -0.4 is 4.74 Å². The second kappa shape index (κ2) is 5.94. The summed E-state index contributed by atoms with van der Waals surface area (Å²) in [6, 6.07) is 8.94. The molecule has 1 atom stereocenters. The smallest absolute Gasteiger partial charge is 0.260 e. The van der Waals surface area contributed by atoms with Gasteiger partial charge in [-0.3, -0.25) is 4.79 Å². The molecule has 0 saturated heterocycles. The predicted octanol–water partition coefficient (Wildman–Crippen LogP) is 0.798. The van der Waals surface area contributed by atoms with Crippen LogP contribution in [0.15, 0.2) is 30.3 Å². The Morgan fingerprint density at radius 1 is 1.42 bits per heavy atom. The molecule has 0 aliphatic heterocycles. The molecule has 0 fully saturated rings. The first-order valence-corrected chi connectivity index (χ1v) is 5.85. The Kier molecular flexibility index (Phi) is 4.07. The number of nitrogens with one attached hydrogen (secondary N) is 1. The molecule has 0 aliphatic carbocycles. The highest BCUT2D eigenvalue weighted by atomic mass is 16.5. The molecular formula is C12H15N5O2. The zero-order valence-electron chi connectivity index (χ0n) is 10.8. The number of tetrazole rings is 1. The number of carbonyl (C=O) groups is 1. The highest BCUT2D eigenvalue weighted by Crippen LogP contribution is 2.14. The standard InChI is InChI=1S/C12H15N5O2/c1-9(12-13-15-16-14-12)17(2)11(18)8-19-10-6-4-3-5-7-10/h3-7,9H,8H2,1-2H3,(H,13,14,15,16)/t9-/m0/s1. The van der Waals surface area contributed by atoms with Gasteiger partial charge in [-0.2, -0.15) is 5.21 Å². The Morgan fingerprint density at radius 3 is 2.79 bits per heavy atom. The van der Waals surface area contributed by atoms with E-state index >= 15 is 0 Å². The molecule has 2 aromatic rings. The molecule has 0 aliphatic rings. The molecule has 0 spiro atoms. The topological polar surface area (TPSA) is 84.0 Å². The Hall–Kier alpha value is -2.44. The third-order valence-electron chi connectivity index (χ3n) is 2.82. The molecule has 2 rings (SSSR count). The molecule has 100 valence electrons. The number of likely N-dealkylation sites (N-methyl/N-ethyl adjacent to an activating group) is 1. The molecule has 0 radical (unpaired) electrons. The molecule has 1 N–H and O–H groups in total. The van der Waals surface area contributed by atoms with Crippen molar-refractivity contribution in [3.63, 3.8) is 0 Å². The van der Waals surface area contributed by atoms with Gasteiger partial charge in [0.05, 0.1) is 6.04 Å². The van der Waals surface area contributed by atoms with Crippen LogP contribution in [0.4, 0.5) is 0 Å². The fourth-order valence-electron chi connectivity index (χ4n) is 1.50. The maximum Gasteiger partial charge on any atom is 0.260 e. The molecule has 0 bridgehead atoms. The Morgan fingerprint density at radius 2 is 2.16 bits per heavy atom. The third-order valence-corrected chi connectivity index (χ3v) is 2.82. The van der Waals surface area contributed by atoms with Gasteiger partial charge in [-0.1, -0.05) is 23.4 Å². The van der Waals surface area contributed by atoms with Crippen LogP contribution in [0.5, 0.6) is 5.75 Å². The normalized spacial score (nSPS) is 11.9. The second-order valence-corrected chi connectivity index (χ2v) is 4.05. The molecule has 1 aromatic heterocycles. The van der Waals surface area contributed by atoms with Crippen molar-refractivity contribution in [2.45, 2.75) is 13.0 Å². The average Bonchev–Trinajstić information content (AvgIpc) is 2.98. The van der Waals surface area contributed by atoms with Gasteiger partial charge in [0, 0.05) is 7.05 Å². The number of nitrogens with zero attached hydrogens (tertiary/aromatic N) is 4. The zero-order valence-corrected chi connectivity index (χ0v) is 10.8. The minimum absolute atomic E-state index is 0.0251. The van der Waals surface area contributed by atoms with E-state index in [4.69, 9.17) is 4.74 Å². The number of benzene rings is 1. The van der Waals surface area contributed by atoms with Crippen molar-refractivity contribution in [1.82, 2.24) is 25.5 Å². The Balaban J connectivity index is 1.89. The van der Waals surface area contributed by atoms with Crippen molar-refractivity contribution in [3.8, 4) is 5.75 Å². The number of hydrogen-bond donors (Lipinski definition) is 1. The number of aromatic nitrogens is 4. The van der Waals surface area contributed by atoms with Crippen molar-refractivity contribution < 1.29 is 9.53 Å². The lowest BCUT2D eigenvalue weighted by atomic mass is 10.3. The van der Waals surface area contributed by atoms with Gasteiger partial charge in [0.2, 0.25) is 0 Å². The summed E-state index contributed by atoms with van der Waals surface area (Å²) in [6.45, 7) is 1.80. The summed E-state index contributed by atoms with van der Waals surface area (Å²) in [6.07, 6.45) is 0. The van der Waals surface area contributed by atoms with E-state index in [0.717, 1.165) is 0 Å². The highest BCUT2D eigenvalue weighted by molar-refractivity contribution is 5.77. The van der Waals surface area contributed by atoms with E-state index in [1.165, 1.54) is 4.90 Å². The first-order chi connectivity index (χ1) is 9.18. The SMILES string of the molecule is C[C@@H](c1nn[nH]n1)N(C)C(=O)COc1ccccc1. The van der Waals surface area contributed by atoms with Gasteiger partial charge in [0.25, 0.3) is 5.91 Å². The van der Waals surface area contributed by atoms with Crippen molar-refractivity contribution >= 4 is 5.91 Å². The highest BCUT2D eigenvalue weighted by Gasteiger charge is 2.20. The minimum Gasteiger partial charge on any atom is -0.484 e. The van der Waals surface area contributed by atoms with Gasteiger partial charge < -0.3 is 9.64 Å². The van der Waals surface area contributed by atoms with Gasteiger partial charge >= 0.3 is 0 Å². The molecule has 1 aromatic carbocycles. The van der Waals surface area contributed by atoms with Crippen LogP contribution in [0.1, 0.15) is 18.8 Å². The van der Waals surface area contributed by atoms with Crippen LogP contribution in [0.2, 0.25) is 0 Å². The number of carbonyl (C=O) groups excluding carboxylic acids is 1. The molecule has 7 heteroatoms. The van der Waals surface area contributed by atoms with Crippen molar-refractivity contribution in [2.24, 2.45) is 0 Å². The lowest BCUT2D eigenvalue weighted by Crippen LogP contribution is -2.34. The monoisotopic (exact) mass is 261 g/mol. The lowest BCUT2D eigenvalue weighted by molar-refractivity contribution is -0.134. The van der Waals surface area contributed by atoms with E-state index in [1.807, 2.05) is 25.1 Å². The van der Waals surface area contributed by atoms with E-state index < -0.39 is 0 Å². The lowest BCUT2D eigenvalue weighted by Gasteiger charge is -2.22. The maximum atomic E-state index is 12.0. The molecule has 1 amide bonds. The summed E-state index contributed by atoms with van der Waals surface area (Å²) in [7, 11) is 1.68. The summed E-state index contributed by atoms with van der Waals surface area (Å²) >= 11 is 0. The Labute approximate surface area is 110 Å². The first kappa shape index (κ1) is 13.0. The average molecular weight is 261 g/mol. The number of rotatable bonds is 5. The maximum absolute atomic E-state index is 12.0. The summed E-state index contributed by atoms with van der Waals surface area (Å²) in [5, 5.41) is 13.5. The fourth-order valence-corrected chi connectivity index (χ4v) is 1.50. The van der Waals surface area contributed by atoms with Crippen LogP contribution in [0, 0.1) is 0 Å².